The molecule has 7 heteroatoms. The minimum atomic E-state index is -0.278. The quantitative estimate of drug-likeness (QED) is 0.737. The molecule has 3 rings (SSSR count). The zero-order chi connectivity index (χ0) is 19.2. The number of benzene rings is 2. The molecule has 1 heterocycles. The van der Waals surface area contributed by atoms with Gasteiger partial charge >= 0.3 is 0 Å². The number of fused-ring (bicyclic) bond motifs is 1. The Morgan fingerprint density at radius 2 is 1.96 bits per heavy atom. The standard InChI is InChI=1S/C20H23FN2O3S/c1-23(2)17(14-4-3-5-15(21)10-14)12-22-20(24)13-27-16-6-7-18-19(11-16)26-9-8-25-18/h3-7,10-11,17H,8-9,12-13H2,1-2H3,(H,22,24). The summed E-state index contributed by atoms with van der Waals surface area (Å²) in [5.41, 5.74) is 0.833. The number of likely N-dealkylation sites (N-methyl/N-ethyl adjacent to an activating group) is 1. The molecule has 0 spiro atoms. The highest BCUT2D eigenvalue weighted by Gasteiger charge is 2.16. The molecule has 0 bridgehead atoms. The molecule has 1 amide bonds. The molecule has 2 aromatic rings. The lowest BCUT2D eigenvalue weighted by atomic mass is 10.1. The number of hydrogen-bond acceptors (Lipinski definition) is 5. The molecule has 0 fully saturated rings. The van der Waals surface area contributed by atoms with Crippen LogP contribution in [0.15, 0.2) is 47.4 Å². The summed E-state index contributed by atoms with van der Waals surface area (Å²) in [5.74, 6) is 1.39. The fraction of sp³-hybridized carbons (Fsp3) is 0.350. The molecule has 2 aromatic carbocycles. The second-order valence-corrected chi connectivity index (χ2v) is 7.48. The highest BCUT2D eigenvalue weighted by atomic mass is 32.2. The van der Waals surface area contributed by atoms with Gasteiger partial charge in [-0.05, 0) is 50.0 Å². The SMILES string of the molecule is CN(C)C(CNC(=O)CSc1ccc2c(c1)OCCO2)c1cccc(F)c1. The third-order valence-corrected chi connectivity index (χ3v) is 5.23. The summed E-state index contributed by atoms with van der Waals surface area (Å²) in [5, 5.41) is 2.93. The largest absolute Gasteiger partial charge is 0.486 e. The van der Waals surface area contributed by atoms with Crippen LogP contribution in [0.25, 0.3) is 0 Å². The van der Waals surface area contributed by atoms with Crippen molar-refractivity contribution in [1.29, 1.82) is 0 Å². The van der Waals surface area contributed by atoms with E-state index in [2.05, 4.69) is 5.32 Å². The first-order valence-corrected chi connectivity index (χ1v) is 9.72. The molecule has 1 N–H and O–H groups in total. The molecule has 0 saturated heterocycles. The van der Waals surface area contributed by atoms with Crippen LogP contribution in [0.1, 0.15) is 11.6 Å². The molecule has 1 atom stereocenters. The van der Waals surface area contributed by atoms with Crippen LogP contribution in [-0.2, 0) is 4.79 Å². The molecule has 27 heavy (non-hydrogen) atoms. The minimum absolute atomic E-state index is 0.0712. The Hall–Kier alpha value is -2.25. The lowest BCUT2D eigenvalue weighted by Crippen LogP contribution is -2.35. The zero-order valence-electron chi connectivity index (χ0n) is 15.4. The van der Waals surface area contributed by atoms with Crippen molar-refractivity contribution in [2.45, 2.75) is 10.9 Å². The summed E-state index contributed by atoms with van der Waals surface area (Å²) < 4.78 is 24.5. The van der Waals surface area contributed by atoms with E-state index in [-0.39, 0.29) is 17.8 Å². The highest BCUT2D eigenvalue weighted by Crippen LogP contribution is 2.34. The Bertz CT molecular complexity index is 801. The smallest absolute Gasteiger partial charge is 0.230 e. The summed E-state index contributed by atoms with van der Waals surface area (Å²) in [6.07, 6.45) is 0. The number of carbonyl (C=O) groups excluding carboxylic acids is 1. The second kappa shape index (κ2) is 9.10. The number of carbonyl (C=O) groups is 1. The van der Waals surface area contributed by atoms with Crippen molar-refractivity contribution in [3.8, 4) is 11.5 Å². The molecule has 0 radical (unpaired) electrons. The van der Waals surface area contributed by atoms with E-state index in [1.165, 1.54) is 23.9 Å². The van der Waals surface area contributed by atoms with Gasteiger partial charge in [-0.15, -0.1) is 11.8 Å². The number of hydrogen-bond donors (Lipinski definition) is 1. The predicted octanol–water partition coefficient (Wildman–Crippen LogP) is 3.11. The molecule has 1 unspecified atom stereocenters. The number of thioether (sulfide) groups is 1. The molecular formula is C20H23FN2O3S. The first-order chi connectivity index (χ1) is 13.0. The number of nitrogens with one attached hydrogen (secondary N) is 1. The van der Waals surface area contributed by atoms with E-state index in [0.717, 1.165) is 16.2 Å². The number of amides is 1. The fourth-order valence-electron chi connectivity index (χ4n) is 2.84. The summed E-state index contributed by atoms with van der Waals surface area (Å²) in [6.45, 7) is 1.50. The lowest BCUT2D eigenvalue weighted by molar-refractivity contribution is -0.118. The van der Waals surface area contributed by atoms with Crippen LogP contribution < -0.4 is 14.8 Å². The van der Waals surface area contributed by atoms with Gasteiger partial charge < -0.3 is 19.7 Å². The molecular weight excluding hydrogens is 367 g/mol. The number of ether oxygens (including phenoxy) is 2. The molecule has 5 nitrogen and oxygen atoms in total. The van der Waals surface area contributed by atoms with Gasteiger partial charge in [0, 0.05) is 11.4 Å². The molecule has 1 aliphatic heterocycles. The predicted molar refractivity (Wildman–Crippen MR) is 104 cm³/mol. The minimum Gasteiger partial charge on any atom is -0.486 e. The van der Waals surface area contributed by atoms with Crippen molar-refractivity contribution >= 4 is 17.7 Å². The molecule has 144 valence electrons. The van der Waals surface area contributed by atoms with Crippen molar-refractivity contribution in [3.63, 3.8) is 0 Å². The van der Waals surface area contributed by atoms with Gasteiger partial charge in [0.15, 0.2) is 11.5 Å². The van der Waals surface area contributed by atoms with E-state index in [1.54, 1.807) is 6.07 Å². The average molecular weight is 390 g/mol. The van der Waals surface area contributed by atoms with Crippen molar-refractivity contribution in [3.05, 3.63) is 53.8 Å². The first-order valence-electron chi connectivity index (χ1n) is 8.74. The summed E-state index contributed by atoms with van der Waals surface area (Å²) in [4.78, 5) is 15.2. The maximum Gasteiger partial charge on any atom is 0.230 e. The van der Waals surface area contributed by atoms with E-state index in [1.807, 2.05) is 43.3 Å². The highest BCUT2D eigenvalue weighted by molar-refractivity contribution is 8.00. The van der Waals surface area contributed by atoms with Gasteiger partial charge in [-0.1, -0.05) is 12.1 Å². The molecule has 0 aliphatic carbocycles. The van der Waals surface area contributed by atoms with E-state index in [9.17, 15) is 9.18 Å². The van der Waals surface area contributed by atoms with E-state index in [0.29, 0.717) is 31.3 Å². The topological polar surface area (TPSA) is 50.8 Å². The van der Waals surface area contributed by atoms with Gasteiger partial charge in [-0.3, -0.25) is 4.79 Å². The van der Waals surface area contributed by atoms with Crippen molar-refractivity contribution < 1.29 is 18.7 Å². The van der Waals surface area contributed by atoms with Gasteiger partial charge in [-0.2, -0.15) is 0 Å². The molecule has 1 aliphatic rings. The maximum atomic E-state index is 13.5. The lowest BCUT2D eigenvalue weighted by Gasteiger charge is -2.25. The Morgan fingerprint density at radius 3 is 2.70 bits per heavy atom. The van der Waals surface area contributed by atoms with E-state index >= 15 is 0 Å². The van der Waals surface area contributed by atoms with Gasteiger partial charge in [0.25, 0.3) is 0 Å². The third-order valence-electron chi connectivity index (χ3n) is 4.23. The van der Waals surface area contributed by atoms with Gasteiger partial charge in [0.05, 0.1) is 11.8 Å². The van der Waals surface area contributed by atoms with Crippen molar-refractivity contribution in [2.24, 2.45) is 0 Å². The van der Waals surface area contributed by atoms with Crippen LogP contribution >= 0.6 is 11.8 Å². The Kier molecular flexibility index (Phi) is 6.58. The monoisotopic (exact) mass is 390 g/mol. The third kappa shape index (κ3) is 5.37. The summed E-state index contributed by atoms with van der Waals surface area (Å²) >= 11 is 1.44. The normalized spacial score (nSPS) is 14.1. The van der Waals surface area contributed by atoms with E-state index in [4.69, 9.17) is 9.47 Å². The van der Waals surface area contributed by atoms with Crippen LogP contribution in [0.5, 0.6) is 11.5 Å². The van der Waals surface area contributed by atoms with Crippen molar-refractivity contribution in [2.75, 3.05) is 39.6 Å². The molecule has 0 aromatic heterocycles. The number of rotatable bonds is 7. The molecule has 0 saturated carbocycles. The van der Waals surface area contributed by atoms with Gasteiger partial charge in [-0.25, -0.2) is 4.39 Å². The van der Waals surface area contributed by atoms with Crippen LogP contribution in [0.2, 0.25) is 0 Å². The Morgan fingerprint density at radius 1 is 1.19 bits per heavy atom. The van der Waals surface area contributed by atoms with Gasteiger partial charge in [0.2, 0.25) is 5.91 Å². The zero-order valence-corrected chi connectivity index (χ0v) is 16.2. The van der Waals surface area contributed by atoms with Gasteiger partial charge in [0.1, 0.15) is 19.0 Å². The number of halogens is 1. The Balaban J connectivity index is 1.52. The number of nitrogens with zero attached hydrogens (tertiary/aromatic N) is 1. The van der Waals surface area contributed by atoms with E-state index < -0.39 is 0 Å². The van der Waals surface area contributed by atoms with Crippen LogP contribution in [0.4, 0.5) is 4.39 Å². The Labute approximate surface area is 162 Å². The van der Waals surface area contributed by atoms with Crippen molar-refractivity contribution in [1.82, 2.24) is 10.2 Å². The van der Waals surface area contributed by atoms with Crippen LogP contribution in [0.3, 0.4) is 0 Å². The fourth-order valence-corrected chi connectivity index (χ4v) is 3.59. The average Bonchev–Trinajstić information content (AvgIpc) is 2.66. The second-order valence-electron chi connectivity index (χ2n) is 6.43. The summed E-state index contributed by atoms with van der Waals surface area (Å²) in [7, 11) is 3.82. The maximum absolute atomic E-state index is 13.5. The van der Waals surface area contributed by atoms with Crippen LogP contribution in [-0.4, -0.2) is 50.4 Å². The first kappa shape index (κ1) is 19.5. The summed E-state index contributed by atoms with van der Waals surface area (Å²) in [6, 6.07) is 12.0. The van der Waals surface area contributed by atoms with Crippen LogP contribution in [0, 0.1) is 5.82 Å².